The van der Waals surface area contributed by atoms with Crippen LogP contribution in [0.25, 0.3) is 22.1 Å². The fraction of sp³-hybridized carbons (Fsp3) is 0.500. The Morgan fingerprint density at radius 3 is 2.72 bits per heavy atom. The molecule has 0 aliphatic heterocycles. The number of aliphatic hydroxyl groups excluding tert-OH is 2. The number of hydrogen-bond donors (Lipinski definition) is 5. The number of H-pyrrole nitrogens is 1. The van der Waals surface area contributed by atoms with Crippen molar-refractivity contribution < 1.29 is 23.4 Å². The molecule has 4 aromatic rings. The van der Waals surface area contributed by atoms with E-state index in [0.717, 1.165) is 30.7 Å². The van der Waals surface area contributed by atoms with Crippen molar-refractivity contribution in [2.45, 2.75) is 62.6 Å². The number of rotatable bonds is 7. The van der Waals surface area contributed by atoms with Gasteiger partial charge in [-0.3, -0.25) is 0 Å². The van der Waals surface area contributed by atoms with Gasteiger partial charge in [0.05, 0.1) is 39.2 Å². The van der Waals surface area contributed by atoms with E-state index in [4.69, 9.17) is 17.3 Å². The summed E-state index contributed by atoms with van der Waals surface area (Å²) in [5, 5.41) is 25.4. The number of aryl methyl sites for hydroxylation is 1. The van der Waals surface area contributed by atoms with Gasteiger partial charge in [-0.1, -0.05) is 11.6 Å². The number of nitrogens with two attached hydrogens (primary N) is 1. The minimum absolute atomic E-state index is 0.107. The molecule has 39 heavy (non-hydrogen) atoms. The molecular weight excluding hydrogens is 535 g/mol. The summed E-state index contributed by atoms with van der Waals surface area (Å²) in [5.41, 5.74) is 6.45. The lowest BCUT2D eigenvalue weighted by molar-refractivity contribution is -0.137. The molecule has 3 aromatic heterocycles. The maximum Gasteiger partial charge on any atom is 0.417 e. The second-order valence-corrected chi connectivity index (χ2v) is 11.2. The van der Waals surface area contributed by atoms with E-state index in [1.54, 1.807) is 0 Å². The van der Waals surface area contributed by atoms with Crippen molar-refractivity contribution in [3.8, 4) is 0 Å². The van der Waals surface area contributed by atoms with Crippen LogP contribution in [0, 0.1) is 11.8 Å². The van der Waals surface area contributed by atoms with E-state index in [9.17, 15) is 23.4 Å². The molecular formula is C26H29ClF3N7O2. The van der Waals surface area contributed by atoms with Crippen LogP contribution in [0.2, 0.25) is 5.02 Å². The third-order valence-electron chi connectivity index (χ3n) is 8.29. The summed E-state index contributed by atoms with van der Waals surface area (Å²) >= 11 is 5.81. The molecule has 0 radical (unpaired) electrons. The fourth-order valence-corrected chi connectivity index (χ4v) is 6.32. The van der Waals surface area contributed by atoms with Crippen LogP contribution in [0.5, 0.6) is 0 Å². The molecule has 0 bridgehead atoms. The van der Waals surface area contributed by atoms with Crippen molar-refractivity contribution in [1.82, 2.24) is 29.8 Å². The molecule has 2 saturated carbocycles. The van der Waals surface area contributed by atoms with Crippen LogP contribution >= 0.6 is 11.6 Å². The van der Waals surface area contributed by atoms with Gasteiger partial charge in [0.15, 0.2) is 0 Å². The number of anilines is 1. The summed E-state index contributed by atoms with van der Waals surface area (Å²) in [6.07, 6.45) is 0.986. The molecule has 3 heterocycles. The van der Waals surface area contributed by atoms with Crippen LogP contribution in [-0.2, 0) is 12.6 Å². The fourth-order valence-electron chi connectivity index (χ4n) is 6.05. The monoisotopic (exact) mass is 563 g/mol. The SMILES string of the molecule is Nc1ncnc2c1ccn2[C@@H]1C[C@H](CN[C@H]2C[C@@H](CCc3nc4cc(C(F)(F)F)c(Cl)cc4[nH]3)C2)[C@@H](O)[C@H]1O. The summed E-state index contributed by atoms with van der Waals surface area (Å²) in [5.74, 6) is 1.40. The molecule has 13 heteroatoms. The average Bonchev–Trinajstić information content (AvgIpc) is 3.53. The lowest BCUT2D eigenvalue weighted by Crippen LogP contribution is -2.44. The van der Waals surface area contributed by atoms with Gasteiger partial charge in [-0.05, 0) is 49.8 Å². The number of nitrogen functional groups attached to an aromatic ring is 1. The first kappa shape index (κ1) is 26.3. The number of aliphatic hydroxyl groups is 2. The second kappa shape index (κ2) is 9.92. The first-order valence-corrected chi connectivity index (χ1v) is 13.4. The van der Waals surface area contributed by atoms with Crippen molar-refractivity contribution in [2.24, 2.45) is 11.8 Å². The molecule has 6 N–H and O–H groups in total. The predicted molar refractivity (Wildman–Crippen MR) is 140 cm³/mol. The Hall–Kier alpha value is -2.93. The number of aromatic amines is 1. The lowest BCUT2D eigenvalue weighted by atomic mass is 9.77. The first-order chi connectivity index (χ1) is 18.6. The molecule has 6 rings (SSSR count). The molecule has 208 valence electrons. The number of nitrogens with one attached hydrogen (secondary N) is 2. The zero-order valence-electron chi connectivity index (χ0n) is 20.9. The molecule has 1 aromatic carbocycles. The highest BCUT2D eigenvalue weighted by Crippen LogP contribution is 2.39. The maximum absolute atomic E-state index is 13.1. The molecule has 2 aliphatic rings. The van der Waals surface area contributed by atoms with Crippen LogP contribution in [-0.4, -0.2) is 59.5 Å². The van der Waals surface area contributed by atoms with Gasteiger partial charge in [-0.2, -0.15) is 13.2 Å². The van der Waals surface area contributed by atoms with Gasteiger partial charge in [-0.15, -0.1) is 0 Å². The van der Waals surface area contributed by atoms with Crippen LogP contribution in [0.15, 0.2) is 30.7 Å². The van der Waals surface area contributed by atoms with Crippen molar-refractivity contribution >= 4 is 39.5 Å². The predicted octanol–water partition coefficient (Wildman–Crippen LogP) is 3.85. The van der Waals surface area contributed by atoms with Crippen molar-refractivity contribution in [2.75, 3.05) is 12.3 Å². The Bertz CT molecular complexity index is 1500. The lowest BCUT2D eigenvalue weighted by Gasteiger charge is -2.37. The van der Waals surface area contributed by atoms with Crippen LogP contribution < -0.4 is 11.1 Å². The largest absolute Gasteiger partial charge is 0.417 e. The van der Waals surface area contributed by atoms with E-state index in [1.165, 1.54) is 12.4 Å². The Labute approximate surface area is 226 Å². The minimum Gasteiger partial charge on any atom is -0.390 e. The summed E-state index contributed by atoms with van der Waals surface area (Å²) in [4.78, 5) is 15.7. The van der Waals surface area contributed by atoms with E-state index < -0.39 is 23.9 Å². The van der Waals surface area contributed by atoms with E-state index in [0.29, 0.717) is 54.2 Å². The number of imidazole rings is 1. The third-order valence-corrected chi connectivity index (χ3v) is 8.60. The molecule has 2 aliphatic carbocycles. The number of benzene rings is 1. The topological polar surface area (TPSA) is 138 Å². The van der Waals surface area contributed by atoms with E-state index >= 15 is 0 Å². The molecule has 9 nitrogen and oxygen atoms in total. The smallest absolute Gasteiger partial charge is 0.390 e. The number of alkyl halides is 3. The van der Waals surface area contributed by atoms with Gasteiger partial charge >= 0.3 is 6.18 Å². The van der Waals surface area contributed by atoms with Crippen LogP contribution in [0.4, 0.5) is 19.0 Å². The molecule has 0 saturated heterocycles. The quantitative estimate of drug-likeness (QED) is 0.230. The third kappa shape index (κ3) is 4.94. The average molecular weight is 564 g/mol. The number of halogens is 4. The standard InChI is InChI=1S/C26H29ClF3N7O2/c27-17-9-19-18(8-16(17)26(28,29)30)35-21(36-19)2-1-12-5-14(6-12)32-10-13-7-20(23(39)22(13)38)37-4-3-15-24(31)33-11-34-25(15)37/h3-4,8-9,11-14,20,22-23,32,38-39H,1-2,5-7,10H2,(H,35,36)(H2,31,33,34)/t12-,13-,14+,20-,22-,23+/m1/s1. The molecule has 4 atom stereocenters. The zero-order chi connectivity index (χ0) is 27.5. The first-order valence-electron chi connectivity index (χ1n) is 13.0. The number of nitrogens with zero attached hydrogens (tertiary/aromatic N) is 4. The minimum atomic E-state index is -4.52. The van der Waals surface area contributed by atoms with Crippen LogP contribution in [0.3, 0.4) is 0 Å². The summed E-state index contributed by atoms with van der Waals surface area (Å²) in [6.45, 7) is 0.592. The maximum atomic E-state index is 13.1. The normalized spacial score (nSPS) is 27.4. The molecule has 2 fully saturated rings. The Morgan fingerprint density at radius 1 is 1.15 bits per heavy atom. The van der Waals surface area contributed by atoms with Crippen molar-refractivity contribution in [3.63, 3.8) is 0 Å². The summed E-state index contributed by atoms with van der Waals surface area (Å²) in [7, 11) is 0. The molecule has 0 spiro atoms. The number of fused-ring (bicyclic) bond motifs is 2. The highest BCUT2D eigenvalue weighted by molar-refractivity contribution is 6.32. The number of aromatic nitrogens is 5. The van der Waals surface area contributed by atoms with Gasteiger partial charge in [0.25, 0.3) is 0 Å². The number of hydrogen-bond acceptors (Lipinski definition) is 7. The Balaban J connectivity index is 0.991. The Morgan fingerprint density at radius 2 is 1.95 bits per heavy atom. The highest BCUT2D eigenvalue weighted by Gasteiger charge is 2.43. The zero-order valence-corrected chi connectivity index (χ0v) is 21.6. The van der Waals surface area contributed by atoms with Gasteiger partial charge < -0.3 is 30.8 Å². The van der Waals surface area contributed by atoms with Crippen molar-refractivity contribution in [3.05, 3.63) is 47.1 Å². The second-order valence-electron chi connectivity index (χ2n) is 10.8. The van der Waals surface area contributed by atoms with Gasteiger partial charge in [-0.25, -0.2) is 15.0 Å². The summed E-state index contributed by atoms with van der Waals surface area (Å²) in [6, 6.07) is 4.10. The van der Waals surface area contributed by atoms with Crippen LogP contribution in [0.1, 0.15) is 43.1 Å². The van der Waals surface area contributed by atoms with Gasteiger partial charge in [0.1, 0.15) is 29.7 Å². The van der Waals surface area contributed by atoms with E-state index in [-0.39, 0.29) is 22.5 Å². The molecule has 0 amide bonds. The van der Waals surface area contributed by atoms with Crippen molar-refractivity contribution in [1.29, 1.82) is 0 Å². The molecule has 0 unspecified atom stereocenters. The highest BCUT2D eigenvalue weighted by atomic mass is 35.5. The van der Waals surface area contributed by atoms with E-state index in [2.05, 4.69) is 25.3 Å². The van der Waals surface area contributed by atoms with Gasteiger partial charge in [0.2, 0.25) is 0 Å². The van der Waals surface area contributed by atoms with Gasteiger partial charge in [0, 0.05) is 31.1 Å². The van der Waals surface area contributed by atoms with E-state index in [1.807, 2.05) is 16.8 Å². The summed E-state index contributed by atoms with van der Waals surface area (Å²) < 4.78 is 41.2. The Kier molecular flexibility index (Phi) is 6.69.